The van der Waals surface area contributed by atoms with E-state index in [2.05, 4.69) is 54.8 Å². The molecule has 40 heavy (non-hydrogen) atoms. The normalized spacial score (nSPS) is 9.25. The van der Waals surface area contributed by atoms with Crippen LogP contribution in [0.15, 0.2) is 55.5 Å². The molecule has 0 aromatic carbocycles. The van der Waals surface area contributed by atoms with E-state index in [0.29, 0.717) is 0 Å². The highest BCUT2D eigenvalue weighted by Gasteiger charge is 1.86. The Labute approximate surface area is 237 Å². The Morgan fingerprint density at radius 2 is 0.675 bits per heavy atom. The molecule has 0 atom stereocenters. The summed E-state index contributed by atoms with van der Waals surface area (Å²) in [7, 11) is 0. The van der Waals surface area contributed by atoms with Gasteiger partial charge in [0.1, 0.15) is 35.4 Å². The molecule has 0 amide bonds. The van der Waals surface area contributed by atoms with Gasteiger partial charge >= 0.3 is 0 Å². The molecular formula is C29H39N11. The zero-order valence-electron chi connectivity index (χ0n) is 25.1. The Morgan fingerprint density at radius 1 is 0.350 bits per heavy atom. The molecule has 5 aromatic rings. The minimum Gasteiger partial charge on any atom is -0.261 e. The fraction of sp³-hybridized carbons (Fsp3) is 0.345. The Kier molecular flexibility index (Phi) is 15.5. The number of nitrogens with zero attached hydrogens (tertiary/aromatic N) is 11. The van der Waals surface area contributed by atoms with Crippen LogP contribution in [0.1, 0.15) is 57.6 Å². The van der Waals surface area contributed by atoms with Gasteiger partial charge in [-0.3, -0.25) is 9.97 Å². The van der Waals surface area contributed by atoms with Crippen molar-refractivity contribution in [3.63, 3.8) is 0 Å². The quantitative estimate of drug-likeness (QED) is 0.265. The van der Waals surface area contributed by atoms with E-state index in [1.165, 1.54) is 6.33 Å². The third-order valence-electron chi connectivity index (χ3n) is 4.43. The second-order valence-electron chi connectivity index (χ2n) is 8.62. The summed E-state index contributed by atoms with van der Waals surface area (Å²) in [5.41, 5.74) is 5.03. The van der Waals surface area contributed by atoms with Gasteiger partial charge in [-0.25, -0.2) is 44.9 Å². The van der Waals surface area contributed by atoms with Crippen molar-refractivity contribution >= 4 is 0 Å². The average Bonchev–Trinajstić information content (AvgIpc) is 2.85. The maximum absolute atomic E-state index is 4.11. The van der Waals surface area contributed by atoms with E-state index in [1.807, 2.05) is 87.4 Å². The zero-order chi connectivity index (χ0) is 29.9. The minimum atomic E-state index is 0.775. The molecule has 0 bridgehead atoms. The van der Waals surface area contributed by atoms with Crippen LogP contribution in [0.2, 0.25) is 0 Å². The van der Waals surface area contributed by atoms with E-state index in [9.17, 15) is 0 Å². The van der Waals surface area contributed by atoms with Gasteiger partial charge in [-0.1, -0.05) is 0 Å². The lowest BCUT2D eigenvalue weighted by Gasteiger charge is -1.89. The predicted octanol–water partition coefficient (Wildman–Crippen LogP) is 4.86. The molecule has 0 aliphatic rings. The van der Waals surface area contributed by atoms with E-state index < -0.39 is 0 Å². The van der Waals surface area contributed by atoms with Gasteiger partial charge in [0.25, 0.3) is 0 Å². The third-order valence-corrected chi connectivity index (χ3v) is 4.43. The highest BCUT2D eigenvalue weighted by Crippen LogP contribution is 1.91. The molecule has 0 saturated carbocycles. The molecule has 0 spiro atoms. The summed E-state index contributed by atoms with van der Waals surface area (Å²) in [4.78, 5) is 43.6. The van der Waals surface area contributed by atoms with Crippen LogP contribution in [0.3, 0.4) is 0 Å². The van der Waals surface area contributed by atoms with Crippen molar-refractivity contribution in [2.24, 2.45) is 0 Å². The van der Waals surface area contributed by atoms with Gasteiger partial charge in [0.05, 0.1) is 11.4 Å². The van der Waals surface area contributed by atoms with E-state index in [1.54, 1.807) is 31.0 Å². The van der Waals surface area contributed by atoms with Crippen molar-refractivity contribution in [1.29, 1.82) is 0 Å². The Morgan fingerprint density at radius 3 is 0.850 bits per heavy atom. The molecule has 0 radical (unpaired) electrons. The number of aryl methyl sites for hydroxylation is 10. The highest BCUT2D eigenvalue weighted by atomic mass is 15.0. The molecule has 0 fully saturated rings. The summed E-state index contributed by atoms with van der Waals surface area (Å²) < 4.78 is 0. The van der Waals surface area contributed by atoms with Crippen LogP contribution in [-0.4, -0.2) is 54.8 Å². The van der Waals surface area contributed by atoms with Crippen LogP contribution in [0.4, 0.5) is 0 Å². The largest absolute Gasteiger partial charge is 0.261 e. The second-order valence-corrected chi connectivity index (χ2v) is 8.62. The van der Waals surface area contributed by atoms with Crippen molar-refractivity contribution in [2.45, 2.75) is 69.2 Å². The van der Waals surface area contributed by atoms with E-state index in [0.717, 1.165) is 57.6 Å². The molecule has 5 aromatic heterocycles. The Balaban J connectivity index is 0.000000250. The summed E-state index contributed by atoms with van der Waals surface area (Å²) in [6.45, 7) is 19.0. The second kappa shape index (κ2) is 18.6. The van der Waals surface area contributed by atoms with Gasteiger partial charge in [0.15, 0.2) is 0 Å². The lowest BCUT2D eigenvalue weighted by atomic mass is 10.4. The number of hydrogen-bond acceptors (Lipinski definition) is 11. The fourth-order valence-electron chi connectivity index (χ4n) is 2.80. The van der Waals surface area contributed by atoms with Crippen molar-refractivity contribution in [1.82, 2.24) is 54.8 Å². The maximum Gasteiger partial charge on any atom is 0.129 e. The van der Waals surface area contributed by atoms with Crippen LogP contribution >= 0.6 is 0 Å². The monoisotopic (exact) mass is 541 g/mol. The molecule has 5 rings (SSSR count). The predicted molar refractivity (Wildman–Crippen MR) is 155 cm³/mol. The van der Waals surface area contributed by atoms with E-state index in [4.69, 9.17) is 0 Å². The van der Waals surface area contributed by atoms with Crippen LogP contribution in [0, 0.1) is 69.2 Å². The first-order valence-electron chi connectivity index (χ1n) is 12.6. The van der Waals surface area contributed by atoms with Gasteiger partial charge in [0.2, 0.25) is 0 Å². The lowest BCUT2D eigenvalue weighted by Crippen LogP contribution is -1.91. The summed E-state index contributed by atoms with van der Waals surface area (Å²) in [6, 6.07) is 5.65. The SMILES string of the molecule is Cc1ccnc(C)n1.Cc1ccnc(C)n1.Cc1ccnc(C)n1.Cc1cncc(C)n1.Cc1ncnc(C)n1. The summed E-state index contributed by atoms with van der Waals surface area (Å²) >= 11 is 0. The van der Waals surface area contributed by atoms with Gasteiger partial charge < -0.3 is 0 Å². The minimum absolute atomic E-state index is 0.775. The van der Waals surface area contributed by atoms with Gasteiger partial charge in [-0.2, -0.15) is 0 Å². The topological polar surface area (TPSA) is 142 Å². The summed E-state index contributed by atoms with van der Waals surface area (Å²) in [5.74, 6) is 4.06. The van der Waals surface area contributed by atoms with Gasteiger partial charge in [-0.15, -0.1) is 0 Å². The first-order valence-corrected chi connectivity index (χ1v) is 12.6. The van der Waals surface area contributed by atoms with Crippen LogP contribution < -0.4 is 0 Å². The van der Waals surface area contributed by atoms with Crippen LogP contribution in [0.25, 0.3) is 0 Å². The molecular weight excluding hydrogens is 502 g/mol. The number of aromatic nitrogens is 11. The molecule has 0 N–H and O–H groups in total. The molecule has 210 valence electrons. The van der Waals surface area contributed by atoms with Crippen molar-refractivity contribution in [2.75, 3.05) is 0 Å². The molecule has 0 aliphatic heterocycles. The third kappa shape index (κ3) is 17.0. The number of hydrogen-bond donors (Lipinski definition) is 0. The highest BCUT2D eigenvalue weighted by molar-refractivity contribution is 4.99. The average molecular weight is 542 g/mol. The maximum atomic E-state index is 4.11. The molecule has 11 nitrogen and oxygen atoms in total. The van der Waals surface area contributed by atoms with Crippen LogP contribution in [0.5, 0.6) is 0 Å². The molecule has 5 heterocycles. The molecule has 0 aliphatic carbocycles. The molecule has 0 saturated heterocycles. The van der Waals surface area contributed by atoms with Crippen molar-refractivity contribution in [3.8, 4) is 0 Å². The lowest BCUT2D eigenvalue weighted by molar-refractivity contribution is 0.920. The first-order chi connectivity index (χ1) is 18.9. The number of rotatable bonds is 0. The van der Waals surface area contributed by atoms with E-state index >= 15 is 0 Å². The van der Waals surface area contributed by atoms with Gasteiger partial charge in [-0.05, 0) is 87.4 Å². The standard InChI is InChI=1S/4C6H8N2.C5H7N3/c1-5-3-7-4-6(2)8-5;3*1-5-3-4-7-6(2)8-5;1-4-6-3-7-5(2)8-4/h4*3-4H,1-2H3;3H,1-2H3. The Hall–Kier alpha value is -4.67. The summed E-state index contributed by atoms with van der Waals surface area (Å²) in [6.07, 6.45) is 10.3. The van der Waals surface area contributed by atoms with Crippen molar-refractivity contribution < 1.29 is 0 Å². The smallest absolute Gasteiger partial charge is 0.129 e. The van der Waals surface area contributed by atoms with Crippen molar-refractivity contribution in [3.05, 3.63) is 113 Å². The van der Waals surface area contributed by atoms with Crippen LogP contribution in [-0.2, 0) is 0 Å². The molecule has 0 unspecified atom stereocenters. The van der Waals surface area contributed by atoms with Gasteiger partial charge in [0, 0.05) is 48.1 Å². The summed E-state index contributed by atoms with van der Waals surface area (Å²) in [5, 5.41) is 0. The zero-order valence-corrected chi connectivity index (χ0v) is 25.1. The Bertz CT molecular complexity index is 1090. The molecule has 11 heteroatoms. The fourth-order valence-corrected chi connectivity index (χ4v) is 2.80. The first kappa shape index (κ1) is 33.4. The van der Waals surface area contributed by atoms with E-state index in [-0.39, 0.29) is 0 Å².